The van der Waals surface area contributed by atoms with E-state index >= 15 is 0 Å². The lowest BCUT2D eigenvalue weighted by Gasteiger charge is -2.08. The molecule has 0 bridgehead atoms. The number of nitrogens with zero attached hydrogens (tertiary/aromatic N) is 1. The maximum Gasteiger partial charge on any atom is 0.107 e. The van der Waals surface area contributed by atoms with Crippen molar-refractivity contribution in [2.75, 3.05) is 19.8 Å². The highest BCUT2D eigenvalue weighted by molar-refractivity contribution is 7.09. The topological polar surface area (TPSA) is 43.4 Å². The average Bonchev–Trinajstić information content (AvgIpc) is 3.00. The van der Waals surface area contributed by atoms with Gasteiger partial charge in [-0.05, 0) is 25.3 Å². The molecule has 108 valence electrons. The standard InChI is InChI=1S/C14H24N2O2S/c1-11(2)6-15-7-14-16-12(10-19-14)8-17-9-13-4-3-5-18-13/h10-11,13,15H,3-9H2,1-2H3. The van der Waals surface area contributed by atoms with Gasteiger partial charge < -0.3 is 14.8 Å². The normalized spacial score (nSPS) is 19.4. The maximum absolute atomic E-state index is 5.66. The molecule has 2 heterocycles. The molecule has 1 aliphatic heterocycles. The molecule has 1 unspecified atom stereocenters. The van der Waals surface area contributed by atoms with Gasteiger partial charge in [-0.3, -0.25) is 0 Å². The Labute approximate surface area is 119 Å². The Kier molecular flexibility index (Phi) is 6.23. The van der Waals surface area contributed by atoms with Crippen LogP contribution in [0.1, 0.15) is 37.4 Å². The summed E-state index contributed by atoms with van der Waals surface area (Å²) < 4.78 is 11.2. The smallest absolute Gasteiger partial charge is 0.107 e. The van der Waals surface area contributed by atoms with Gasteiger partial charge in [0.05, 0.1) is 25.0 Å². The number of rotatable bonds is 8. The Balaban J connectivity index is 1.62. The van der Waals surface area contributed by atoms with Crippen LogP contribution in [-0.2, 0) is 22.6 Å². The van der Waals surface area contributed by atoms with Crippen LogP contribution in [0.5, 0.6) is 0 Å². The van der Waals surface area contributed by atoms with Crippen LogP contribution in [0, 0.1) is 5.92 Å². The second kappa shape index (κ2) is 7.94. The van der Waals surface area contributed by atoms with Crippen molar-refractivity contribution in [1.29, 1.82) is 0 Å². The number of aromatic nitrogens is 1. The zero-order chi connectivity index (χ0) is 13.5. The highest BCUT2D eigenvalue weighted by atomic mass is 32.1. The first kappa shape index (κ1) is 14.9. The molecule has 0 aliphatic carbocycles. The van der Waals surface area contributed by atoms with Crippen LogP contribution in [0.3, 0.4) is 0 Å². The molecule has 2 rings (SSSR count). The minimum atomic E-state index is 0.297. The van der Waals surface area contributed by atoms with Crippen LogP contribution in [-0.4, -0.2) is 30.8 Å². The van der Waals surface area contributed by atoms with Crippen molar-refractivity contribution in [3.63, 3.8) is 0 Å². The summed E-state index contributed by atoms with van der Waals surface area (Å²) in [6.45, 7) is 8.48. The van der Waals surface area contributed by atoms with Crippen LogP contribution in [0.25, 0.3) is 0 Å². The molecular weight excluding hydrogens is 260 g/mol. The summed E-state index contributed by atoms with van der Waals surface area (Å²) in [4.78, 5) is 4.56. The third-order valence-corrected chi connectivity index (χ3v) is 3.90. The zero-order valence-electron chi connectivity index (χ0n) is 11.9. The molecule has 1 fully saturated rings. The van der Waals surface area contributed by atoms with E-state index in [4.69, 9.17) is 9.47 Å². The quantitative estimate of drug-likeness (QED) is 0.797. The molecule has 1 aromatic heterocycles. The summed E-state index contributed by atoms with van der Waals surface area (Å²) in [6.07, 6.45) is 2.59. The van der Waals surface area contributed by atoms with Crippen molar-refractivity contribution < 1.29 is 9.47 Å². The lowest BCUT2D eigenvalue weighted by Crippen LogP contribution is -2.18. The average molecular weight is 284 g/mol. The number of hydrogen-bond donors (Lipinski definition) is 1. The van der Waals surface area contributed by atoms with Crippen LogP contribution < -0.4 is 5.32 Å². The first-order chi connectivity index (χ1) is 9.24. The van der Waals surface area contributed by atoms with E-state index in [-0.39, 0.29) is 0 Å². The number of thiazole rings is 1. The fraction of sp³-hybridized carbons (Fsp3) is 0.786. The Morgan fingerprint density at radius 2 is 2.47 bits per heavy atom. The van der Waals surface area contributed by atoms with Gasteiger partial charge in [0.1, 0.15) is 5.01 Å². The van der Waals surface area contributed by atoms with Crippen molar-refractivity contribution in [3.8, 4) is 0 Å². The van der Waals surface area contributed by atoms with Gasteiger partial charge in [-0.15, -0.1) is 11.3 Å². The summed E-state index contributed by atoms with van der Waals surface area (Å²) >= 11 is 1.70. The molecule has 0 amide bonds. The Morgan fingerprint density at radius 1 is 1.58 bits per heavy atom. The molecule has 1 N–H and O–H groups in total. The molecular formula is C14H24N2O2S. The van der Waals surface area contributed by atoms with E-state index in [9.17, 15) is 0 Å². The highest BCUT2D eigenvalue weighted by Gasteiger charge is 2.15. The van der Waals surface area contributed by atoms with E-state index in [2.05, 4.69) is 29.5 Å². The van der Waals surface area contributed by atoms with Crippen LogP contribution >= 0.6 is 11.3 Å². The molecule has 0 spiro atoms. The van der Waals surface area contributed by atoms with Crippen molar-refractivity contribution in [2.24, 2.45) is 5.92 Å². The molecule has 1 atom stereocenters. The van der Waals surface area contributed by atoms with Gasteiger partial charge in [0.15, 0.2) is 0 Å². The molecule has 1 aliphatic rings. The predicted octanol–water partition coefficient (Wildman–Crippen LogP) is 2.58. The first-order valence-electron chi connectivity index (χ1n) is 7.07. The predicted molar refractivity (Wildman–Crippen MR) is 77.3 cm³/mol. The fourth-order valence-electron chi connectivity index (χ4n) is 2.03. The van der Waals surface area contributed by atoms with Crippen molar-refractivity contribution >= 4 is 11.3 Å². The SMILES string of the molecule is CC(C)CNCc1nc(COCC2CCCO2)cs1. The third kappa shape index (κ3) is 5.57. The van der Waals surface area contributed by atoms with Gasteiger partial charge in [0.2, 0.25) is 0 Å². The summed E-state index contributed by atoms with van der Waals surface area (Å²) in [6, 6.07) is 0. The molecule has 1 saturated heterocycles. The minimum absolute atomic E-state index is 0.297. The van der Waals surface area contributed by atoms with Gasteiger partial charge in [0, 0.05) is 18.5 Å². The fourth-order valence-corrected chi connectivity index (χ4v) is 2.78. The van der Waals surface area contributed by atoms with E-state index in [1.165, 1.54) is 0 Å². The zero-order valence-corrected chi connectivity index (χ0v) is 12.7. The van der Waals surface area contributed by atoms with E-state index in [0.717, 1.165) is 43.2 Å². The highest BCUT2D eigenvalue weighted by Crippen LogP contribution is 2.14. The van der Waals surface area contributed by atoms with Gasteiger partial charge in [-0.25, -0.2) is 4.98 Å². The largest absolute Gasteiger partial charge is 0.376 e. The lowest BCUT2D eigenvalue weighted by atomic mass is 10.2. The van der Waals surface area contributed by atoms with Crippen molar-refractivity contribution in [2.45, 2.75) is 45.9 Å². The van der Waals surface area contributed by atoms with E-state index < -0.39 is 0 Å². The van der Waals surface area contributed by atoms with Crippen molar-refractivity contribution in [1.82, 2.24) is 10.3 Å². The Hall–Kier alpha value is -0.490. The first-order valence-corrected chi connectivity index (χ1v) is 7.95. The monoisotopic (exact) mass is 284 g/mol. The van der Waals surface area contributed by atoms with Crippen molar-refractivity contribution in [3.05, 3.63) is 16.1 Å². The Morgan fingerprint density at radius 3 is 3.21 bits per heavy atom. The van der Waals surface area contributed by atoms with E-state index in [0.29, 0.717) is 25.2 Å². The van der Waals surface area contributed by atoms with Crippen LogP contribution in [0.4, 0.5) is 0 Å². The summed E-state index contributed by atoms with van der Waals surface area (Å²) in [5, 5.41) is 6.62. The number of nitrogens with one attached hydrogen (secondary N) is 1. The van der Waals surface area contributed by atoms with Crippen LogP contribution in [0.2, 0.25) is 0 Å². The maximum atomic E-state index is 5.66. The number of hydrogen-bond acceptors (Lipinski definition) is 5. The lowest BCUT2D eigenvalue weighted by molar-refractivity contribution is 0.00975. The molecule has 0 saturated carbocycles. The summed E-state index contributed by atoms with van der Waals surface area (Å²) in [5.41, 5.74) is 1.03. The van der Waals surface area contributed by atoms with Gasteiger partial charge in [0.25, 0.3) is 0 Å². The molecule has 0 aromatic carbocycles. The van der Waals surface area contributed by atoms with Gasteiger partial charge in [-0.1, -0.05) is 13.8 Å². The molecule has 1 aromatic rings. The van der Waals surface area contributed by atoms with E-state index in [1.54, 1.807) is 11.3 Å². The van der Waals surface area contributed by atoms with E-state index in [1.807, 2.05) is 0 Å². The molecule has 0 radical (unpaired) electrons. The van der Waals surface area contributed by atoms with Gasteiger partial charge >= 0.3 is 0 Å². The summed E-state index contributed by atoms with van der Waals surface area (Å²) in [7, 11) is 0. The molecule has 5 heteroatoms. The second-order valence-electron chi connectivity index (χ2n) is 5.41. The third-order valence-electron chi connectivity index (χ3n) is 3.01. The molecule has 4 nitrogen and oxygen atoms in total. The second-order valence-corrected chi connectivity index (χ2v) is 6.35. The summed E-state index contributed by atoms with van der Waals surface area (Å²) in [5.74, 6) is 0.675. The van der Waals surface area contributed by atoms with Gasteiger partial charge in [-0.2, -0.15) is 0 Å². The minimum Gasteiger partial charge on any atom is -0.376 e. The number of ether oxygens (including phenoxy) is 2. The van der Waals surface area contributed by atoms with Crippen LogP contribution in [0.15, 0.2) is 5.38 Å². The Bertz CT molecular complexity index is 362. The molecule has 19 heavy (non-hydrogen) atoms.